The van der Waals surface area contributed by atoms with Crippen molar-refractivity contribution < 1.29 is 14.4 Å². The van der Waals surface area contributed by atoms with Crippen LogP contribution in [0.25, 0.3) is 0 Å². The first kappa shape index (κ1) is 20.8. The Balaban J connectivity index is 1.59. The molecule has 0 aliphatic carbocycles. The van der Waals surface area contributed by atoms with Crippen LogP contribution in [0.2, 0.25) is 0 Å². The molecule has 3 rings (SSSR count). The highest BCUT2D eigenvalue weighted by atomic mass is 79.9. The number of carbonyl (C=O) groups excluding carboxylic acids is 3. The molecule has 152 valence electrons. The molecule has 6 nitrogen and oxygen atoms in total. The van der Waals surface area contributed by atoms with Crippen molar-refractivity contribution in [2.45, 2.75) is 33.1 Å². The summed E-state index contributed by atoms with van der Waals surface area (Å²) < 4.78 is 0.854. The van der Waals surface area contributed by atoms with E-state index in [1.807, 2.05) is 43.0 Å². The molecular weight excluding hydrogens is 422 g/mol. The van der Waals surface area contributed by atoms with E-state index in [4.69, 9.17) is 0 Å². The molecule has 1 unspecified atom stereocenters. The van der Waals surface area contributed by atoms with Gasteiger partial charge in [-0.3, -0.25) is 14.4 Å². The molecule has 3 amide bonds. The molecule has 0 spiro atoms. The second-order valence-electron chi connectivity index (χ2n) is 7.39. The number of carbonyl (C=O) groups is 3. The quantitative estimate of drug-likeness (QED) is 0.649. The molecule has 1 atom stereocenters. The summed E-state index contributed by atoms with van der Waals surface area (Å²) in [7, 11) is 0. The zero-order valence-electron chi connectivity index (χ0n) is 16.6. The van der Waals surface area contributed by atoms with Gasteiger partial charge < -0.3 is 14.7 Å². The Kier molecular flexibility index (Phi) is 6.75. The summed E-state index contributed by atoms with van der Waals surface area (Å²) in [4.78, 5) is 43.7. The monoisotopic (exact) mass is 449 g/mol. The van der Waals surface area contributed by atoms with E-state index in [1.165, 1.54) is 0 Å². The van der Waals surface area contributed by atoms with Gasteiger partial charge in [0, 0.05) is 43.1 Å². The van der Waals surface area contributed by atoms with Crippen LogP contribution < -0.4 is 4.90 Å². The van der Waals surface area contributed by atoms with Gasteiger partial charge in [0.15, 0.2) is 0 Å². The van der Waals surface area contributed by atoms with Gasteiger partial charge in [-0.05, 0) is 61.2 Å². The molecule has 2 aliphatic rings. The lowest BCUT2D eigenvalue weighted by molar-refractivity contribution is -0.144. The second-order valence-corrected chi connectivity index (χ2v) is 8.25. The highest BCUT2D eigenvalue weighted by Crippen LogP contribution is 2.32. The van der Waals surface area contributed by atoms with Gasteiger partial charge in [-0.2, -0.15) is 0 Å². The Bertz CT molecular complexity index is 742. The van der Waals surface area contributed by atoms with Crippen LogP contribution in [0.3, 0.4) is 0 Å². The lowest BCUT2D eigenvalue weighted by atomic mass is 9.94. The number of likely N-dealkylation sites (tertiary alicyclic amines) is 1. The van der Waals surface area contributed by atoms with Crippen LogP contribution in [0.15, 0.2) is 28.7 Å². The molecule has 2 heterocycles. The minimum absolute atomic E-state index is 0.0139. The third-order valence-corrected chi connectivity index (χ3v) is 6.55. The van der Waals surface area contributed by atoms with E-state index in [-0.39, 0.29) is 23.6 Å². The van der Waals surface area contributed by atoms with Crippen molar-refractivity contribution in [3.63, 3.8) is 0 Å². The highest BCUT2D eigenvalue weighted by molar-refractivity contribution is 9.10. The van der Waals surface area contributed by atoms with Gasteiger partial charge in [0.05, 0.1) is 5.69 Å². The molecule has 2 aliphatic heterocycles. The molecule has 0 bridgehead atoms. The van der Waals surface area contributed by atoms with Crippen molar-refractivity contribution in [1.29, 1.82) is 0 Å². The summed E-state index contributed by atoms with van der Waals surface area (Å²) in [6, 6.07) is 7.58. The zero-order chi connectivity index (χ0) is 20.3. The Morgan fingerprint density at radius 2 is 1.71 bits per heavy atom. The first-order valence-corrected chi connectivity index (χ1v) is 10.9. The fraction of sp³-hybridized carbons (Fsp3) is 0.571. The number of para-hydroxylation sites is 1. The van der Waals surface area contributed by atoms with Gasteiger partial charge in [0.1, 0.15) is 5.92 Å². The standard InChI is InChI=1S/C21H28BrN3O3/c1-3-23(4-2)19(26)15-9-12-24(13-10-15)20(27)16-11-14-25(21(16)28)18-8-6-5-7-17(18)22/h5-8,15-16H,3-4,9-14H2,1-2H3. The van der Waals surface area contributed by atoms with Gasteiger partial charge >= 0.3 is 0 Å². The molecular formula is C21H28BrN3O3. The summed E-state index contributed by atoms with van der Waals surface area (Å²) in [5, 5.41) is 0. The van der Waals surface area contributed by atoms with Crippen molar-refractivity contribution >= 4 is 39.3 Å². The van der Waals surface area contributed by atoms with Crippen LogP contribution in [0.1, 0.15) is 33.1 Å². The zero-order valence-corrected chi connectivity index (χ0v) is 18.2. The number of halogens is 1. The number of rotatable bonds is 5. The van der Waals surface area contributed by atoms with E-state index in [0.29, 0.717) is 38.9 Å². The number of benzene rings is 1. The minimum atomic E-state index is -0.609. The number of nitrogens with zero attached hydrogens (tertiary/aromatic N) is 3. The van der Waals surface area contributed by atoms with E-state index < -0.39 is 5.92 Å². The van der Waals surface area contributed by atoms with Crippen LogP contribution >= 0.6 is 15.9 Å². The fourth-order valence-electron chi connectivity index (χ4n) is 4.18. The predicted molar refractivity (Wildman–Crippen MR) is 112 cm³/mol. The SMILES string of the molecule is CCN(CC)C(=O)C1CCN(C(=O)C2CCN(c3ccccc3Br)C2=O)CC1. The fourth-order valence-corrected chi connectivity index (χ4v) is 4.68. The molecule has 7 heteroatoms. The van der Waals surface area contributed by atoms with E-state index in [9.17, 15) is 14.4 Å². The molecule has 0 saturated carbocycles. The number of hydrogen-bond donors (Lipinski definition) is 0. The molecule has 0 radical (unpaired) electrons. The van der Waals surface area contributed by atoms with Crippen LogP contribution in [0, 0.1) is 11.8 Å². The molecule has 0 aromatic heterocycles. The van der Waals surface area contributed by atoms with Crippen LogP contribution in [0.4, 0.5) is 5.69 Å². The molecule has 2 saturated heterocycles. The van der Waals surface area contributed by atoms with Crippen molar-refractivity contribution in [2.24, 2.45) is 11.8 Å². The second kappa shape index (κ2) is 9.07. The van der Waals surface area contributed by atoms with Crippen LogP contribution in [0.5, 0.6) is 0 Å². The van der Waals surface area contributed by atoms with Crippen LogP contribution in [-0.4, -0.2) is 60.2 Å². The van der Waals surface area contributed by atoms with Gasteiger partial charge in [0.2, 0.25) is 17.7 Å². The van der Waals surface area contributed by atoms with Crippen molar-refractivity contribution in [3.8, 4) is 0 Å². The lowest BCUT2D eigenvalue weighted by Gasteiger charge is -2.34. The average Bonchev–Trinajstić information content (AvgIpc) is 3.10. The first-order valence-electron chi connectivity index (χ1n) is 10.1. The van der Waals surface area contributed by atoms with Gasteiger partial charge in [-0.1, -0.05) is 12.1 Å². The van der Waals surface area contributed by atoms with Crippen molar-refractivity contribution in [2.75, 3.05) is 37.6 Å². The first-order chi connectivity index (χ1) is 13.5. The summed E-state index contributed by atoms with van der Waals surface area (Å²) in [6.45, 7) is 7.07. The maximum absolute atomic E-state index is 13.0. The maximum atomic E-state index is 13.0. The third kappa shape index (κ3) is 4.09. The van der Waals surface area contributed by atoms with E-state index in [1.54, 1.807) is 9.80 Å². The molecule has 1 aromatic rings. The number of anilines is 1. The summed E-state index contributed by atoms with van der Waals surface area (Å²) in [6.07, 6.45) is 1.89. The molecule has 28 heavy (non-hydrogen) atoms. The van der Waals surface area contributed by atoms with Crippen LogP contribution in [-0.2, 0) is 14.4 Å². The third-order valence-electron chi connectivity index (χ3n) is 5.88. The Hall–Kier alpha value is -1.89. The van der Waals surface area contributed by atoms with Gasteiger partial charge in [-0.25, -0.2) is 0 Å². The summed E-state index contributed by atoms with van der Waals surface area (Å²) in [5.74, 6) is -0.650. The Morgan fingerprint density at radius 3 is 2.32 bits per heavy atom. The van der Waals surface area contributed by atoms with Crippen molar-refractivity contribution in [3.05, 3.63) is 28.7 Å². The van der Waals surface area contributed by atoms with E-state index >= 15 is 0 Å². The molecule has 2 fully saturated rings. The van der Waals surface area contributed by atoms with E-state index in [2.05, 4.69) is 15.9 Å². The summed E-state index contributed by atoms with van der Waals surface area (Å²) >= 11 is 3.49. The number of amides is 3. The highest BCUT2D eigenvalue weighted by Gasteiger charge is 2.41. The number of hydrogen-bond acceptors (Lipinski definition) is 3. The molecule has 1 aromatic carbocycles. The summed E-state index contributed by atoms with van der Waals surface area (Å²) in [5.41, 5.74) is 0.811. The normalized spacial score (nSPS) is 20.5. The maximum Gasteiger partial charge on any atom is 0.239 e. The topological polar surface area (TPSA) is 60.9 Å². The van der Waals surface area contributed by atoms with Gasteiger partial charge in [-0.15, -0.1) is 0 Å². The Labute approximate surface area is 175 Å². The van der Waals surface area contributed by atoms with E-state index in [0.717, 1.165) is 23.2 Å². The molecule has 0 N–H and O–H groups in total. The lowest BCUT2D eigenvalue weighted by Crippen LogP contribution is -2.47. The number of piperidine rings is 1. The largest absolute Gasteiger partial charge is 0.343 e. The average molecular weight is 450 g/mol. The van der Waals surface area contributed by atoms with Crippen molar-refractivity contribution in [1.82, 2.24) is 9.80 Å². The predicted octanol–water partition coefficient (Wildman–Crippen LogP) is 2.91. The van der Waals surface area contributed by atoms with Gasteiger partial charge in [0.25, 0.3) is 0 Å². The smallest absolute Gasteiger partial charge is 0.239 e. The Morgan fingerprint density at radius 1 is 1.07 bits per heavy atom. The minimum Gasteiger partial charge on any atom is -0.343 e.